The summed E-state index contributed by atoms with van der Waals surface area (Å²) < 4.78 is 4.60. The standard InChI is InChI=1S/C8H13NO4/c1-3-13-8(12)6(5(2)10)4-7(9)11/h6H,3-4H2,1-2H3,(H2,9,11). The predicted molar refractivity (Wildman–Crippen MR) is 44.6 cm³/mol. The number of ketones is 1. The summed E-state index contributed by atoms with van der Waals surface area (Å²) in [6.07, 6.45) is -0.284. The molecule has 0 rings (SSSR count). The molecule has 0 bridgehead atoms. The molecule has 1 amide bonds. The summed E-state index contributed by atoms with van der Waals surface area (Å²) in [5.41, 5.74) is 4.87. The van der Waals surface area contributed by atoms with Crippen molar-refractivity contribution in [2.24, 2.45) is 11.7 Å². The first-order valence-corrected chi connectivity index (χ1v) is 3.94. The van der Waals surface area contributed by atoms with Gasteiger partial charge in [0.2, 0.25) is 5.91 Å². The molecular formula is C8H13NO4. The second-order valence-corrected chi connectivity index (χ2v) is 2.59. The van der Waals surface area contributed by atoms with E-state index in [0.717, 1.165) is 0 Å². The summed E-state index contributed by atoms with van der Waals surface area (Å²) >= 11 is 0. The van der Waals surface area contributed by atoms with Crippen LogP contribution in [0.3, 0.4) is 0 Å². The number of esters is 1. The van der Waals surface area contributed by atoms with Gasteiger partial charge in [0, 0.05) is 6.42 Å². The number of primary amides is 1. The molecule has 13 heavy (non-hydrogen) atoms. The number of ether oxygens (including phenoxy) is 1. The molecule has 0 radical (unpaired) electrons. The van der Waals surface area contributed by atoms with E-state index in [-0.39, 0.29) is 13.0 Å². The summed E-state index contributed by atoms with van der Waals surface area (Å²) in [6, 6.07) is 0. The molecule has 5 heteroatoms. The average molecular weight is 187 g/mol. The first-order chi connectivity index (χ1) is 5.99. The van der Waals surface area contributed by atoms with Crippen LogP contribution >= 0.6 is 0 Å². The van der Waals surface area contributed by atoms with Crippen LogP contribution in [0.25, 0.3) is 0 Å². The Bertz CT molecular complexity index is 224. The van der Waals surface area contributed by atoms with Gasteiger partial charge in [-0.05, 0) is 13.8 Å². The maximum absolute atomic E-state index is 11.1. The van der Waals surface area contributed by atoms with Gasteiger partial charge in [0.25, 0.3) is 0 Å². The monoisotopic (exact) mass is 187 g/mol. The number of hydrogen-bond donors (Lipinski definition) is 1. The van der Waals surface area contributed by atoms with Gasteiger partial charge >= 0.3 is 5.97 Å². The Hall–Kier alpha value is -1.39. The molecule has 1 unspecified atom stereocenters. The molecule has 0 heterocycles. The minimum absolute atomic E-state index is 0.182. The lowest BCUT2D eigenvalue weighted by Crippen LogP contribution is -2.29. The predicted octanol–water partition coefficient (Wildman–Crippen LogP) is -0.370. The maximum atomic E-state index is 11.1. The molecule has 0 aliphatic heterocycles. The van der Waals surface area contributed by atoms with Crippen molar-refractivity contribution in [1.82, 2.24) is 0 Å². The fraction of sp³-hybridized carbons (Fsp3) is 0.625. The molecule has 74 valence electrons. The topological polar surface area (TPSA) is 86.5 Å². The Morgan fingerprint density at radius 3 is 2.23 bits per heavy atom. The largest absolute Gasteiger partial charge is 0.465 e. The van der Waals surface area contributed by atoms with E-state index in [1.165, 1.54) is 6.92 Å². The third-order valence-corrected chi connectivity index (χ3v) is 1.47. The Morgan fingerprint density at radius 1 is 1.38 bits per heavy atom. The Balaban J connectivity index is 4.32. The summed E-state index contributed by atoms with van der Waals surface area (Å²) in [5.74, 6) is -2.82. The highest BCUT2D eigenvalue weighted by Crippen LogP contribution is 2.06. The molecule has 0 fully saturated rings. The third-order valence-electron chi connectivity index (χ3n) is 1.47. The SMILES string of the molecule is CCOC(=O)C(CC(N)=O)C(C)=O. The fourth-order valence-electron chi connectivity index (χ4n) is 0.837. The molecule has 2 N–H and O–H groups in total. The lowest BCUT2D eigenvalue weighted by molar-refractivity contribution is -0.152. The number of rotatable bonds is 5. The van der Waals surface area contributed by atoms with Gasteiger partial charge in [-0.1, -0.05) is 0 Å². The van der Waals surface area contributed by atoms with E-state index in [4.69, 9.17) is 5.73 Å². The second kappa shape index (κ2) is 5.29. The number of amides is 1. The highest BCUT2D eigenvalue weighted by molar-refractivity contribution is 6.00. The highest BCUT2D eigenvalue weighted by atomic mass is 16.5. The van der Waals surface area contributed by atoms with Gasteiger partial charge in [-0.15, -0.1) is 0 Å². The lowest BCUT2D eigenvalue weighted by Gasteiger charge is -2.09. The molecule has 0 spiro atoms. The van der Waals surface area contributed by atoms with Crippen LogP contribution in [0.5, 0.6) is 0 Å². The van der Waals surface area contributed by atoms with Crippen LogP contribution in [0.4, 0.5) is 0 Å². The quantitative estimate of drug-likeness (QED) is 0.470. The van der Waals surface area contributed by atoms with E-state index in [0.29, 0.717) is 0 Å². The van der Waals surface area contributed by atoms with Crippen molar-refractivity contribution in [2.75, 3.05) is 6.61 Å². The van der Waals surface area contributed by atoms with Crippen LogP contribution in [-0.2, 0) is 19.1 Å². The van der Waals surface area contributed by atoms with Crippen molar-refractivity contribution in [3.8, 4) is 0 Å². The fourth-order valence-corrected chi connectivity index (χ4v) is 0.837. The smallest absolute Gasteiger partial charge is 0.316 e. The molecule has 0 aromatic carbocycles. The van der Waals surface area contributed by atoms with Gasteiger partial charge < -0.3 is 10.5 Å². The summed E-state index contributed by atoms with van der Waals surface area (Å²) in [4.78, 5) is 32.4. The van der Waals surface area contributed by atoms with Gasteiger partial charge in [-0.2, -0.15) is 0 Å². The van der Waals surface area contributed by atoms with Gasteiger partial charge in [-0.25, -0.2) is 0 Å². The van der Waals surface area contributed by atoms with E-state index < -0.39 is 23.6 Å². The lowest BCUT2D eigenvalue weighted by atomic mass is 10.0. The molecule has 1 atom stereocenters. The van der Waals surface area contributed by atoms with Crippen LogP contribution < -0.4 is 5.73 Å². The zero-order valence-corrected chi connectivity index (χ0v) is 7.70. The molecular weight excluding hydrogens is 174 g/mol. The number of Topliss-reactive ketones (excluding diaryl/α,β-unsaturated/α-hetero) is 1. The van der Waals surface area contributed by atoms with Crippen LogP contribution in [0.2, 0.25) is 0 Å². The first-order valence-electron chi connectivity index (χ1n) is 3.94. The van der Waals surface area contributed by atoms with Gasteiger partial charge in [0.05, 0.1) is 6.61 Å². The van der Waals surface area contributed by atoms with Crippen molar-refractivity contribution in [3.05, 3.63) is 0 Å². The van der Waals surface area contributed by atoms with E-state index >= 15 is 0 Å². The van der Waals surface area contributed by atoms with E-state index in [1.54, 1.807) is 6.92 Å². The number of hydrogen-bond acceptors (Lipinski definition) is 4. The number of carbonyl (C=O) groups excluding carboxylic acids is 3. The maximum Gasteiger partial charge on any atom is 0.316 e. The van der Waals surface area contributed by atoms with Gasteiger partial charge in [-0.3, -0.25) is 14.4 Å². The zero-order valence-electron chi connectivity index (χ0n) is 7.70. The zero-order chi connectivity index (χ0) is 10.4. The van der Waals surface area contributed by atoms with Crippen LogP contribution in [0.15, 0.2) is 0 Å². The Labute approximate surface area is 76.2 Å². The van der Waals surface area contributed by atoms with Crippen molar-refractivity contribution >= 4 is 17.7 Å². The van der Waals surface area contributed by atoms with Crippen LogP contribution in [-0.4, -0.2) is 24.3 Å². The number of carbonyl (C=O) groups is 3. The first kappa shape index (κ1) is 11.6. The van der Waals surface area contributed by atoms with E-state index in [9.17, 15) is 14.4 Å². The summed E-state index contributed by atoms with van der Waals surface area (Å²) in [7, 11) is 0. The molecule has 0 aliphatic carbocycles. The number of nitrogens with two attached hydrogens (primary N) is 1. The minimum Gasteiger partial charge on any atom is -0.465 e. The Kier molecular flexibility index (Phi) is 4.72. The van der Waals surface area contributed by atoms with Gasteiger partial charge in [0.15, 0.2) is 0 Å². The molecule has 0 aliphatic rings. The van der Waals surface area contributed by atoms with E-state index in [2.05, 4.69) is 4.74 Å². The minimum atomic E-state index is -1.04. The van der Waals surface area contributed by atoms with Crippen LogP contribution in [0, 0.1) is 5.92 Å². The average Bonchev–Trinajstić information content (AvgIpc) is 1.99. The van der Waals surface area contributed by atoms with Crippen molar-refractivity contribution in [1.29, 1.82) is 0 Å². The van der Waals surface area contributed by atoms with Gasteiger partial charge in [0.1, 0.15) is 11.7 Å². The molecule has 5 nitrogen and oxygen atoms in total. The molecule has 0 aromatic heterocycles. The van der Waals surface area contributed by atoms with Crippen molar-refractivity contribution in [2.45, 2.75) is 20.3 Å². The summed E-state index contributed by atoms with van der Waals surface area (Å²) in [5, 5.41) is 0. The van der Waals surface area contributed by atoms with Crippen molar-refractivity contribution in [3.63, 3.8) is 0 Å². The normalized spacial score (nSPS) is 11.8. The molecule has 0 saturated carbocycles. The Morgan fingerprint density at radius 2 is 1.92 bits per heavy atom. The van der Waals surface area contributed by atoms with Crippen LogP contribution in [0.1, 0.15) is 20.3 Å². The molecule has 0 saturated heterocycles. The van der Waals surface area contributed by atoms with Crippen molar-refractivity contribution < 1.29 is 19.1 Å². The third kappa shape index (κ3) is 4.25. The second-order valence-electron chi connectivity index (χ2n) is 2.59. The van der Waals surface area contributed by atoms with E-state index in [1.807, 2.05) is 0 Å². The highest BCUT2D eigenvalue weighted by Gasteiger charge is 2.26. The molecule has 0 aromatic rings. The summed E-state index contributed by atoms with van der Waals surface area (Å²) in [6.45, 7) is 3.03.